The first-order valence-electron chi connectivity index (χ1n) is 10.0. The van der Waals surface area contributed by atoms with E-state index in [0.717, 1.165) is 0 Å². The van der Waals surface area contributed by atoms with Gasteiger partial charge in [0.05, 0.1) is 17.8 Å². The number of hydrogen-bond acceptors (Lipinski definition) is 9. The maximum Gasteiger partial charge on any atom is 0.343 e. The number of hydrogen-bond donors (Lipinski definition) is 1. The van der Waals surface area contributed by atoms with Crippen molar-refractivity contribution < 1.29 is 43.2 Å². The molecule has 9 nitrogen and oxygen atoms in total. The fourth-order valence-corrected chi connectivity index (χ4v) is 4.11. The maximum atomic E-state index is 12.6. The van der Waals surface area contributed by atoms with E-state index >= 15 is 0 Å². The van der Waals surface area contributed by atoms with Crippen LogP contribution < -0.4 is 0 Å². The zero-order valence-electron chi connectivity index (χ0n) is 17.5. The van der Waals surface area contributed by atoms with Crippen LogP contribution in [0.1, 0.15) is 47.0 Å². The Balaban J connectivity index is 1.79. The van der Waals surface area contributed by atoms with Crippen molar-refractivity contribution in [1.29, 1.82) is 0 Å². The Morgan fingerprint density at radius 2 is 2.00 bits per heavy atom. The van der Waals surface area contributed by atoms with Gasteiger partial charge in [0.1, 0.15) is 18.5 Å². The van der Waals surface area contributed by atoms with Gasteiger partial charge in [0.15, 0.2) is 11.4 Å². The van der Waals surface area contributed by atoms with E-state index in [-0.39, 0.29) is 31.0 Å². The first-order chi connectivity index (χ1) is 13.9. The summed E-state index contributed by atoms with van der Waals surface area (Å²) in [7, 11) is 0. The Morgan fingerprint density at radius 1 is 1.30 bits per heavy atom. The Hall–Kier alpha value is -2.23. The third kappa shape index (κ3) is 3.66. The third-order valence-electron chi connectivity index (χ3n) is 6.20. The quantitative estimate of drug-likeness (QED) is 0.406. The molecule has 4 heterocycles. The average molecular weight is 422 g/mol. The predicted molar refractivity (Wildman–Crippen MR) is 99.5 cm³/mol. The lowest BCUT2D eigenvalue weighted by Gasteiger charge is -2.33. The van der Waals surface area contributed by atoms with Gasteiger partial charge in [-0.1, -0.05) is 6.92 Å². The highest BCUT2D eigenvalue weighted by molar-refractivity contribution is 5.95. The summed E-state index contributed by atoms with van der Waals surface area (Å²) in [4.78, 5) is 36.6. The first-order valence-corrected chi connectivity index (χ1v) is 10.0. The molecule has 9 heteroatoms. The Labute approximate surface area is 173 Å². The highest BCUT2D eigenvalue weighted by Gasteiger charge is 2.54. The van der Waals surface area contributed by atoms with E-state index in [4.69, 9.17) is 23.7 Å². The van der Waals surface area contributed by atoms with Crippen molar-refractivity contribution in [2.75, 3.05) is 13.2 Å². The summed E-state index contributed by atoms with van der Waals surface area (Å²) < 4.78 is 27.5. The second-order valence-electron chi connectivity index (χ2n) is 8.88. The maximum absolute atomic E-state index is 12.6. The summed E-state index contributed by atoms with van der Waals surface area (Å²) in [5.41, 5.74) is -1.45. The largest absolute Gasteiger partial charge is 0.461 e. The molecule has 30 heavy (non-hydrogen) atoms. The van der Waals surface area contributed by atoms with Crippen LogP contribution in [0.25, 0.3) is 0 Å². The van der Waals surface area contributed by atoms with Crippen LogP contribution in [0.3, 0.4) is 0 Å². The van der Waals surface area contributed by atoms with Crippen LogP contribution in [-0.4, -0.2) is 59.3 Å². The second-order valence-corrected chi connectivity index (χ2v) is 8.88. The van der Waals surface area contributed by atoms with Crippen LogP contribution in [0.5, 0.6) is 0 Å². The Bertz CT molecular complexity index is 868. The number of aliphatic hydroxyl groups is 1. The monoisotopic (exact) mass is 422 g/mol. The van der Waals surface area contributed by atoms with Crippen molar-refractivity contribution in [3.63, 3.8) is 0 Å². The van der Waals surface area contributed by atoms with Crippen LogP contribution in [0.4, 0.5) is 0 Å². The fourth-order valence-electron chi connectivity index (χ4n) is 4.11. The van der Waals surface area contributed by atoms with Gasteiger partial charge in [-0.2, -0.15) is 0 Å². The molecule has 5 unspecified atom stereocenters. The van der Waals surface area contributed by atoms with Crippen LogP contribution in [0.2, 0.25) is 0 Å². The number of fused-ring (bicyclic) bond motifs is 3. The molecule has 5 atom stereocenters. The molecule has 0 radical (unpaired) electrons. The zero-order chi connectivity index (χ0) is 21.9. The van der Waals surface area contributed by atoms with E-state index in [0.29, 0.717) is 18.4 Å². The number of rotatable bonds is 4. The van der Waals surface area contributed by atoms with Crippen molar-refractivity contribution in [3.05, 3.63) is 23.0 Å². The topological polar surface area (TPSA) is 121 Å². The second kappa shape index (κ2) is 6.90. The molecule has 0 aromatic heterocycles. The predicted octanol–water partition coefficient (Wildman–Crippen LogP) is 1.28. The van der Waals surface area contributed by atoms with Crippen LogP contribution >= 0.6 is 0 Å². The molecule has 4 aliphatic rings. The fraction of sp³-hybridized carbons (Fsp3) is 0.667. The van der Waals surface area contributed by atoms with Crippen LogP contribution in [0, 0.1) is 5.92 Å². The van der Waals surface area contributed by atoms with Crippen LogP contribution in [-0.2, 0) is 38.1 Å². The summed E-state index contributed by atoms with van der Waals surface area (Å²) in [6, 6.07) is 0. The highest BCUT2D eigenvalue weighted by atomic mass is 16.7. The van der Waals surface area contributed by atoms with Gasteiger partial charge in [-0.15, -0.1) is 0 Å². The third-order valence-corrected chi connectivity index (χ3v) is 6.20. The number of carbonyl (C=O) groups is 3. The molecule has 4 aliphatic heterocycles. The molecule has 0 saturated carbocycles. The molecule has 0 aromatic rings. The van der Waals surface area contributed by atoms with Crippen LogP contribution in [0.15, 0.2) is 23.0 Å². The van der Waals surface area contributed by atoms with Gasteiger partial charge < -0.3 is 28.8 Å². The van der Waals surface area contributed by atoms with Gasteiger partial charge in [-0.3, -0.25) is 4.79 Å². The molecular weight excluding hydrogens is 396 g/mol. The van der Waals surface area contributed by atoms with Crippen molar-refractivity contribution in [3.8, 4) is 0 Å². The van der Waals surface area contributed by atoms with Crippen molar-refractivity contribution in [1.82, 2.24) is 0 Å². The number of ether oxygens (including phenoxy) is 5. The van der Waals surface area contributed by atoms with Gasteiger partial charge in [-0.05, 0) is 32.8 Å². The van der Waals surface area contributed by atoms with Gasteiger partial charge in [-0.25, -0.2) is 9.59 Å². The number of esters is 3. The first kappa shape index (κ1) is 21.0. The minimum absolute atomic E-state index is 0.108. The smallest absolute Gasteiger partial charge is 0.343 e. The molecule has 164 valence electrons. The summed E-state index contributed by atoms with van der Waals surface area (Å²) in [6.45, 7) is 6.40. The van der Waals surface area contributed by atoms with Gasteiger partial charge in [0.2, 0.25) is 0 Å². The lowest BCUT2D eigenvalue weighted by atomic mass is 9.85. The van der Waals surface area contributed by atoms with Gasteiger partial charge in [0.25, 0.3) is 0 Å². The molecule has 0 aromatic carbocycles. The van der Waals surface area contributed by atoms with E-state index < -0.39 is 46.9 Å². The summed E-state index contributed by atoms with van der Waals surface area (Å²) in [5, 5.41) is 11.1. The van der Waals surface area contributed by atoms with Crippen molar-refractivity contribution in [2.24, 2.45) is 5.92 Å². The molecular formula is C21H26O9. The summed E-state index contributed by atoms with van der Waals surface area (Å²) in [6.07, 6.45) is 1.82. The minimum Gasteiger partial charge on any atom is -0.461 e. The van der Waals surface area contributed by atoms with Crippen molar-refractivity contribution in [2.45, 2.75) is 70.1 Å². The SMILES string of the molecule is CC(=O)OCC1=C2C(=CC3(C)CCC(O)(O3)C(C)CC2OC(=O)C2(C)CO2)OC1=O. The van der Waals surface area contributed by atoms with E-state index in [2.05, 4.69) is 0 Å². The van der Waals surface area contributed by atoms with E-state index in [9.17, 15) is 19.5 Å². The zero-order valence-corrected chi connectivity index (χ0v) is 17.5. The molecule has 0 spiro atoms. The molecule has 2 fully saturated rings. The van der Waals surface area contributed by atoms with Gasteiger partial charge in [0, 0.05) is 24.8 Å². The van der Waals surface area contributed by atoms with E-state index in [1.807, 2.05) is 0 Å². The standard InChI is InChI=1S/C21H26O9/c1-11-7-14(29-18(24)20(4)10-27-20)16-13(9-26-12(2)22)17(23)28-15(16)8-19(3)5-6-21(11,25)30-19/h8,11,14,25H,5-7,9-10H2,1-4H3. The molecule has 2 saturated heterocycles. The molecule has 1 N–H and O–H groups in total. The summed E-state index contributed by atoms with van der Waals surface area (Å²) in [5.74, 6) is -3.42. The molecule has 2 bridgehead atoms. The number of epoxide rings is 1. The normalized spacial score (nSPS) is 39.9. The Kier molecular flexibility index (Phi) is 4.83. The van der Waals surface area contributed by atoms with Crippen molar-refractivity contribution >= 4 is 17.9 Å². The molecule has 4 rings (SSSR count). The number of carbonyl (C=O) groups excluding carboxylic acids is 3. The summed E-state index contributed by atoms with van der Waals surface area (Å²) >= 11 is 0. The van der Waals surface area contributed by atoms with E-state index in [1.165, 1.54) is 6.92 Å². The average Bonchev–Trinajstić information content (AvgIpc) is 3.21. The Morgan fingerprint density at radius 3 is 2.63 bits per heavy atom. The lowest BCUT2D eigenvalue weighted by Crippen LogP contribution is -2.41. The van der Waals surface area contributed by atoms with E-state index in [1.54, 1.807) is 26.8 Å². The van der Waals surface area contributed by atoms with Gasteiger partial charge >= 0.3 is 17.9 Å². The highest BCUT2D eigenvalue weighted by Crippen LogP contribution is 2.48. The lowest BCUT2D eigenvalue weighted by molar-refractivity contribution is -0.239. The molecule has 0 amide bonds. The molecule has 0 aliphatic carbocycles. The minimum atomic E-state index is -1.41.